The van der Waals surface area contributed by atoms with E-state index in [2.05, 4.69) is 15.8 Å². The van der Waals surface area contributed by atoms with Gasteiger partial charge >= 0.3 is 5.97 Å². The number of aryl methyl sites for hydroxylation is 2. The van der Waals surface area contributed by atoms with Gasteiger partial charge in [-0.25, -0.2) is 4.98 Å². The van der Waals surface area contributed by atoms with E-state index in [1.54, 1.807) is 0 Å². The van der Waals surface area contributed by atoms with Crippen LogP contribution in [0.4, 0.5) is 0 Å². The summed E-state index contributed by atoms with van der Waals surface area (Å²) in [6.45, 7) is 4.05. The van der Waals surface area contributed by atoms with Crippen LogP contribution in [0.15, 0.2) is 28.9 Å². The molecule has 1 heterocycles. The minimum absolute atomic E-state index is 0.130. The lowest BCUT2D eigenvalue weighted by molar-refractivity contribution is -0.139. The Morgan fingerprint density at radius 1 is 1.28 bits per heavy atom. The molecule has 0 bridgehead atoms. The second-order valence-electron chi connectivity index (χ2n) is 4.27. The van der Waals surface area contributed by atoms with Crippen LogP contribution >= 0.6 is 0 Å². The average Bonchev–Trinajstić information content (AvgIpc) is 2.76. The number of methoxy groups -OCH3 is 1. The normalized spacial score (nSPS) is 10.4. The fraction of sp³-hybridized carbons (Fsp3) is 0.286. The molecule has 0 aliphatic carbocycles. The topological polar surface area (TPSA) is 52.3 Å². The molecule has 0 spiro atoms. The van der Waals surface area contributed by atoms with E-state index in [0.29, 0.717) is 11.6 Å². The van der Waals surface area contributed by atoms with Crippen LogP contribution in [0.1, 0.15) is 16.8 Å². The van der Waals surface area contributed by atoms with Crippen molar-refractivity contribution in [2.45, 2.75) is 20.3 Å². The van der Waals surface area contributed by atoms with Gasteiger partial charge in [-0.05, 0) is 26.0 Å². The van der Waals surface area contributed by atoms with Crippen LogP contribution in [0.3, 0.4) is 0 Å². The molecule has 0 aliphatic heterocycles. The van der Waals surface area contributed by atoms with Crippen LogP contribution in [0.25, 0.3) is 11.5 Å². The first-order valence-corrected chi connectivity index (χ1v) is 5.68. The number of nitrogens with zero attached hydrogens (tertiary/aromatic N) is 1. The van der Waals surface area contributed by atoms with Gasteiger partial charge in [-0.1, -0.05) is 17.2 Å². The van der Waals surface area contributed by atoms with Crippen molar-refractivity contribution in [3.05, 3.63) is 41.3 Å². The van der Waals surface area contributed by atoms with Gasteiger partial charge in [-0.15, -0.1) is 0 Å². The van der Waals surface area contributed by atoms with Crippen LogP contribution in [-0.2, 0) is 16.0 Å². The number of oxazole rings is 1. The summed E-state index contributed by atoms with van der Waals surface area (Å²) in [5.41, 5.74) is 3.80. The molecule has 2 aromatic rings. The summed E-state index contributed by atoms with van der Waals surface area (Å²) in [4.78, 5) is 15.4. The lowest BCUT2D eigenvalue weighted by Gasteiger charge is -2.00. The lowest BCUT2D eigenvalue weighted by atomic mass is 10.1. The molecule has 0 fully saturated rings. The number of hydrogen-bond acceptors (Lipinski definition) is 4. The SMILES string of the molecule is COC(=O)Cc1coc(-c2cc(C)cc(C)c2)n1. The Morgan fingerprint density at radius 3 is 2.56 bits per heavy atom. The lowest BCUT2D eigenvalue weighted by Crippen LogP contribution is -2.04. The zero-order valence-electron chi connectivity index (χ0n) is 10.7. The minimum atomic E-state index is -0.324. The molecule has 0 saturated carbocycles. The molecule has 4 heteroatoms. The zero-order valence-corrected chi connectivity index (χ0v) is 10.7. The van der Waals surface area contributed by atoms with Crippen LogP contribution < -0.4 is 0 Å². The van der Waals surface area contributed by atoms with Gasteiger partial charge in [0, 0.05) is 5.56 Å². The Balaban J connectivity index is 2.26. The Bertz CT molecular complexity index is 552. The van der Waals surface area contributed by atoms with Gasteiger partial charge in [0.15, 0.2) is 0 Å². The number of esters is 1. The van der Waals surface area contributed by atoms with Gasteiger partial charge in [0.1, 0.15) is 6.26 Å². The third-order valence-electron chi connectivity index (χ3n) is 2.57. The largest absolute Gasteiger partial charge is 0.469 e. The Morgan fingerprint density at radius 2 is 1.94 bits per heavy atom. The summed E-state index contributed by atoms with van der Waals surface area (Å²) in [7, 11) is 1.35. The summed E-state index contributed by atoms with van der Waals surface area (Å²) in [6.07, 6.45) is 1.62. The molecular formula is C14H15NO3. The summed E-state index contributed by atoms with van der Waals surface area (Å²) in [5.74, 6) is 0.205. The number of rotatable bonds is 3. The Hall–Kier alpha value is -2.10. The summed E-state index contributed by atoms with van der Waals surface area (Å²) in [5, 5.41) is 0. The first kappa shape index (κ1) is 12.4. The smallest absolute Gasteiger partial charge is 0.311 e. The summed E-state index contributed by atoms with van der Waals surface area (Å²) >= 11 is 0. The van der Waals surface area contributed by atoms with Crippen molar-refractivity contribution in [1.82, 2.24) is 4.98 Å². The van der Waals surface area contributed by atoms with Gasteiger partial charge in [0.25, 0.3) is 0 Å². The number of ether oxygens (including phenoxy) is 1. The van der Waals surface area contributed by atoms with Crippen molar-refractivity contribution in [2.24, 2.45) is 0 Å². The molecule has 2 rings (SSSR count). The molecule has 94 valence electrons. The summed E-state index contributed by atoms with van der Waals surface area (Å²) in [6, 6.07) is 6.09. The first-order chi connectivity index (χ1) is 8.58. The molecule has 0 atom stereocenters. The van der Waals surface area contributed by atoms with E-state index in [1.165, 1.54) is 13.4 Å². The van der Waals surface area contributed by atoms with E-state index in [0.717, 1.165) is 16.7 Å². The first-order valence-electron chi connectivity index (χ1n) is 5.68. The predicted octanol–water partition coefficient (Wildman–Crippen LogP) is 2.67. The zero-order chi connectivity index (χ0) is 13.1. The van der Waals surface area contributed by atoms with Gasteiger partial charge in [0.05, 0.1) is 19.2 Å². The average molecular weight is 245 g/mol. The van der Waals surface area contributed by atoms with Crippen LogP contribution in [0, 0.1) is 13.8 Å². The number of aromatic nitrogens is 1. The molecule has 0 unspecified atom stereocenters. The Kier molecular flexibility index (Phi) is 3.46. The highest BCUT2D eigenvalue weighted by Gasteiger charge is 2.11. The monoisotopic (exact) mass is 245 g/mol. The molecular weight excluding hydrogens is 230 g/mol. The van der Waals surface area contributed by atoms with Crippen LogP contribution in [-0.4, -0.2) is 18.1 Å². The number of carbonyl (C=O) groups excluding carboxylic acids is 1. The molecule has 18 heavy (non-hydrogen) atoms. The number of carbonyl (C=O) groups is 1. The molecule has 0 radical (unpaired) electrons. The second kappa shape index (κ2) is 5.04. The van der Waals surface area contributed by atoms with E-state index in [4.69, 9.17) is 4.42 Å². The molecule has 1 aromatic carbocycles. The van der Waals surface area contributed by atoms with Crippen molar-refractivity contribution in [1.29, 1.82) is 0 Å². The minimum Gasteiger partial charge on any atom is -0.469 e. The summed E-state index contributed by atoms with van der Waals surface area (Å²) < 4.78 is 9.97. The molecule has 0 N–H and O–H groups in total. The molecule has 1 aromatic heterocycles. The highest BCUT2D eigenvalue weighted by Crippen LogP contribution is 2.21. The van der Waals surface area contributed by atoms with Crippen molar-refractivity contribution < 1.29 is 13.9 Å². The molecule has 4 nitrogen and oxygen atoms in total. The van der Waals surface area contributed by atoms with Crippen molar-refractivity contribution in [3.8, 4) is 11.5 Å². The van der Waals surface area contributed by atoms with E-state index in [9.17, 15) is 4.79 Å². The van der Waals surface area contributed by atoms with Crippen LogP contribution in [0.5, 0.6) is 0 Å². The van der Waals surface area contributed by atoms with Gasteiger partial charge in [0.2, 0.25) is 5.89 Å². The van der Waals surface area contributed by atoms with E-state index < -0.39 is 0 Å². The highest BCUT2D eigenvalue weighted by atomic mass is 16.5. The maximum absolute atomic E-state index is 11.1. The fourth-order valence-electron chi connectivity index (χ4n) is 1.84. The van der Waals surface area contributed by atoms with Crippen LogP contribution in [0.2, 0.25) is 0 Å². The molecule has 0 aliphatic rings. The fourth-order valence-corrected chi connectivity index (χ4v) is 1.84. The predicted molar refractivity (Wildman–Crippen MR) is 67.1 cm³/mol. The van der Waals surface area contributed by atoms with E-state index in [1.807, 2.05) is 26.0 Å². The number of hydrogen-bond donors (Lipinski definition) is 0. The van der Waals surface area contributed by atoms with Crippen molar-refractivity contribution in [2.75, 3.05) is 7.11 Å². The van der Waals surface area contributed by atoms with Gasteiger partial charge in [-0.3, -0.25) is 4.79 Å². The van der Waals surface area contributed by atoms with E-state index >= 15 is 0 Å². The molecule has 0 amide bonds. The van der Waals surface area contributed by atoms with Gasteiger partial charge in [-0.2, -0.15) is 0 Å². The van der Waals surface area contributed by atoms with E-state index in [-0.39, 0.29) is 12.4 Å². The third-order valence-corrected chi connectivity index (χ3v) is 2.57. The van der Waals surface area contributed by atoms with Gasteiger partial charge < -0.3 is 9.15 Å². The standard InChI is InChI=1S/C14H15NO3/c1-9-4-10(2)6-11(5-9)14-15-12(8-18-14)7-13(16)17-3/h4-6,8H,7H2,1-3H3. The quantitative estimate of drug-likeness (QED) is 0.780. The maximum atomic E-state index is 11.1. The highest BCUT2D eigenvalue weighted by molar-refractivity contribution is 5.72. The maximum Gasteiger partial charge on any atom is 0.311 e. The van der Waals surface area contributed by atoms with Crippen molar-refractivity contribution >= 4 is 5.97 Å². The second-order valence-corrected chi connectivity index (χ2v) is 4.27. The Labute approximate surface area is 106 Å². The number of benzene rings is 1. The molecule has 0 saturated heterocycles. The third kappa shape index (κ3) is 2.77. The van der Waals surface area contributed by atoms with Crippen molar-refractivity contribution in [3.63, 3.8) is 0 Å².